The van der Waals surface area contributed by atoms with Gasteiger partial charge in [0.15, 0.2) is 0 Å². The lowest BCUT2D eigenvalue weighted by Gasteiger charge is -2.26. The minimum absolute atomic E-state index is 0.00340. The van der Waals surface area contributed by atoms with E-state index < -0.39 is 11.9 Å². The molecule has 0 aromatic heterocycles. The van der Waals surface area contributed by atoms with Gasteiger partial charge < -0.3 is 19.8 Å². The molecule has 2 aromatic rings. The number of hydrogen-bond acceptors (Lipinski definition) is 4. The van der Waals surface area contributed by atoms with Crippen molar-refractivity contribution in [2.24, 2.45) is 0 Å². The molecule has 0 saturated heterocycles. The van der Waals surface area contributed by atoms with E-state index >= 15 is 0 Å². The second-order valence-corrected chi connectivity index (χ2v) is 6.78. The molecule has 6 heteroatoms. The molecule has 0 fully saturated rings. The van der Waals surface area contributed by atoms with Crippen molar-refractivity contribution in [1.29, 1.82) is 0 Å². The molecule has 2 aromatic carbocycles. The molecule has 0 atom stereocenters. The van der Waals surface area contributed by atoms with E-state index in [0.717, 1.165) is 12.3 Å². The van der Waals surface area contributed by atoms with Crippen LogP contribution in [0.5, 0.6) is 5.75 Å². The van der Waals surface area contributed by atoms with E-state index in [1.807, 2.05) is 0 Å². The average molecular weight is 373 g/mol. The first kappa shape index (κ1) is 22.2. The SMILES string of the molecule is CN(C)CCOc1ccc(C(C)(C)c2ccccc2)cc1.O=C(O)C(=O)O. The van der Waals surface area contributed by atoms with Crippen molar-refractivity contribution in [2.75, 3.05) is 27.2 Å². The van der Waals surface area contributed by atoms with Gasteiger partial charge in [-0.2, -0.15) is 0 Å². The van der Waals surface area contributed by atoms with Crippen LogP contribution in [-0.4, -0.2) is 54.3 Å². The lowest BCUT2D eigenvalue weighted by atomic mass is 9.78. The number of carboxylic acid groups (broad SMARTS) is 2. The molecule has 0 spiro atoms. The fourth-order valence-electron chi connectivity index (χ4n) is 2.34. The third-order valence-electron chi connectivity index (χ3n) is 4.06. The Morgan fingerprint density at radius 2 is 1.37 bits per heavy atom. The first-order chi connectivity index (χ1) is 12.6. The fraction of sp³-hybridized carbons (Fsp3) is 0.333. The maximum absolute atomic E-state index is 9.10. The molecule has 0 amide bonds. The number of rotatable bonds is 6. The molecule has 0 unspecified atom stereocenters. The van der Waals surface area contributed by atoms with Crippen LogP contribution in [0.15, 0.2) is 54.6 Å². The van der Waals surface area contributed by atoms with Gasteiger partial charge in [0.25, 0.3) is 0 Å². The van der Waals surface area contributed by atoms with Crippen molar-refractivity contribution in [1.82, 2.24) is 4.90 Å². The van der Waals surface area contributed by atoms with Crippen molar-refractivity contribution in [3.05, 3.63) is 65.7 Å². The van der Waals surface area contributed by atoms with E-state index in [1.54, 1.807) is 0 Å². The van der Waals surface area contributed by atoms with Crippen LogP contribution in [-0.2, 0) is 15.0 Å². The normalized spacial score (nSPS) is 10.7. The van der Waals surface area contributed by atoms with Gasteiger partial charge in [-0.1, -0.05) is 56.3 Å². The molecule has 0 saturated carbocycles. The molecule has 6 nitrogen and oxygen atoms in total. The Balaban J connectivity index is 0.000000527. The lowest BCUT2D eigenvalue weighted by molar-refractivity contribution is -0.159. The Labute approximate surface area is 160 Å². The predicted octanol–water partition coefficient (Wildman–Crippen LogP) is 3.11. The van der Waals surface area contributed by atoms with Crippen LogP contribution >= 0.6 is 0 Å². The van der Waals surface area contributed by atoms with Crippen LogP contribution in [0.3, 0.4) is 0 Å². The topological polar surface area (TPSA) is 87.1 Å². The minimum atomic E-state index is -1.82. The van der Waals surface area contributed by atoms with Gasteiger partial charge in [0.1, 0.15) is 12.4 Å². The smallest absolute Gasteiger partial charge is 0.414 e. The molecule has 0 aliphatic rings. The van der Waals surface area contributed by atoms with Gasteiger partial charge >= 0.3 is 11.9 Å². The zero-order valence-corrected chi connectivity index (χ0v) is 16.2. The van der Waals surface area contributed by atoms with E-state index in [0.29, 0.717) is 6.61 Å². The number of benzene rings is 2. The highest BCUT2D eigenvalue weighted by Crippen LogP contribution is 2.32. The summed E-state index contributed by atoms with van der Waals surface area (Å²) in [5.74, 6) is -2.71. The summed E-state index contributed by atoms with van der Waals surface area (Å²) in [6, 6.07) is 19.1. The number of carboxylic acids is 2. The van der Waals surface area contributed by atoms with Gasteiger partial charge in [0.05, 0.1) is 0 Å². The summed E-state index contributed by atoms with van der Waals surface area (Å²) in [4.78, 5) is 20.3. The van der Waals surface area contributed by atoms with Gasteiger partial charge in [-0.25, -0.2) is 9.59 Å². The maximum Gasteiger partial charge on any atom is 0.414 e. The van der Waals surface area contributed by atoms with Gasteiger partial charge in [-0.05, 0) is 37.4 Å². The Morgan fingerprint density at radius 1 is 0.889 bits per heavy atom. The van der Waals surface area contributed by atoms with Gasteiger partial charge in [0, 0.05) is 12.0 Å². The van der Waals surface area contributed by atoms with E-state index in [2.05, 4.69) is 87.4 Å². The summed E-state index contributed by atoms with van der Waals surface area (Å²) < 4.78 is 5.75. The number of ether oxygens (including phenoxy) is 1. The zero-order valence-electron chi connectivity index (χ0n) is 16.2. The Morgan fingerprint density at radius 3 is 1.81 bits per heavy atom. The first-order valence-corrected chi connectivity index (χ1v) is 8.54. The number of hydrogen-bond donors (Lipinski definition) is 2. The molecular formula is C21H27NO5. The summed E-state index contributed by atoms with van der Waals surface area (Å²) in [5, 5.41) is 14.8. The summed E-state index contributed by atoms with van der Waals surface area (Å²) in [6.45, 7) is 6.15. The molecule has 0 bridgehead atoms. The van der Waals surface area contributed by atoms with Crippen molar-refractivity contribution < 1.29 is 24.5 Å². The van der Waals surface area contributed by atoms with Gasteiger partial charge in [-0.15, -0.1) is 0 Å². The second kappa shape index (κ2) is 10.3. The highest BCUT2D eigenvalue weighted by atomic mass is 16.5. The highest BCUT2D eigenvalue weighted by Gasteiger charge is 2.22. The number of carbonyl (C=O) groups is 2. The maximum atomic E-state index is 9.10. The highest BCUT2D eigenvalue weighted by molar-refractivity contribution is 6.27. The summed E-state index contributed by atoms with van der Waals surface area (Å²) in [7, 11) is 4.10. The van der Waals surface area contributed by atoms with Crippen molar-refractivity contribution in [2.45, 2.75) is 19.3 Å². The predicted molar refractivity (Wildman–Crippen MR) is 104 cm³/mol. The number of nitrogens with zero attached hydrogens (tertiary/aromatic N) is 1. The number of aliphatic carboxylic acids is 2. The van der Waals surface area contributed by atoms with Crippen LogP contribution in [0.4, 0.5) is 0 Å². The second-order valence-electron chi connectivity index (χ2n) is 6.78. The Hall–Kier alpha value is -2.86. The van der Waals surface area contributed by atoms with Crippen molar-refractivity contribution in [3.8, 4) is 5.75 Å². The molecule has 2 N–H and O–H groups in total. The van der Waals surface area contributed by atoms with Crippen molar-refractivity contribution in [3.63, 3.8) is 0 Å². The van der Waals surface area contributed by atoms with E-state index in [1.165, 1.54) is 11.1 Å². The third-order valence-corrected chi connectivity index (χ3v) is 4.06. The molecule has 2 rings (SSSR count). The van der Waals surface area contributed by atoms with Crippen LogP contribution in [0, 0.1) is 0 Å². The van der Waals surface area contributed by atoms with Gasteiger partial charge in [0.2, 0.25) is 0 Å². The molecule has 146 valence electrons. The zero-order chi connectivity index (χ0) is 20.4. The van der Waals surface area contributed by atoms with Crippen LogP contribution in [0.1, 0.15) is 25.0 Å². The van der Waals surface area contributed by atoms with E-state index in [4.69, 9.17) is 24.5 Å². The van der Waals surface area contributed by atoms with Gasteiger partial charge in [-0.3, -0.25) is 0 Å². The fourth-order valence-corrected chi connectivity index (χ4v) is 2.34. The number of likely N-dealkylation sites (N-methyl/N-ethyl adjacent to an activating group) is 1. The molecule has 27 heavy (non-hydrogen) atoms. The van der Waals surface area contributed by atoms with E-state index in [-0.39, 0.29) is 5.41 Å². The molecular weight excluding hydrogens is 346 g/mol. The molecule has 0 aliphatic heterocycles. The third kappa shape index (κ3) is 7.50. The Bertz CT molecular complexity index is 712. The van der Waals surface area contributed by atoms with Crippen molar-refractivity contribution >= 4 is 11.9 Å². The standard InChI is InChI=1S/C19H25NO.C2H2O4/c1-19(2,16-8-6-5-7-9-16)17-10-12-18(13-11-17)21-15-14-20(3)4;3-1(4)2(5)6/h5-13H,14-15H2,1-4H3;(H,3,4)(H,5,6). The molecule has 0 heterocycles. The average Bonchev–Trinajstić information content (AvgIpc) is 2.63. The van der Waals surface area contributed by atoms with Crippen LogP contribution < -0.4 is 4.74 Å². The first-order valence-electron chi connectivity index (χ1n) is 8.54. The largest absolute Gasteiger partial charge is 0.492 e. The lowest BCUT2D eigenvalue weighted by Crippen LogP contribution is -2.20. The summed E-state index contributed by atoms with van der Waals surface area (Å²) in [6.07, 6.45) is 0. The molecule has 0 aliphatic carbocycles. The Kier molecular flexibility index (Phi) is 8.48. The minimum Gasteiger partial charge on any atom is -0.492 e. The van der Waals surface area contributed by atoms with Crippen LogP contribution in [0.2, 0.25) is 0 Å². The summed E-state index contributed by atoms with van der Waals surface area (Å²) in [5.41, 5.74) is 2.63. The monoisotopic (exact) mass is 373 g/mol. The van der Waals surface area contributed by atoms with E-state index in [9.17, 15) is 0 Å². The summed E-state index contributed by atoms with van der Waals surface area (Å²) >= 11 is 0. The van der Waals surface area contributed by atoms with Crippen LogP contribution in [0.25, 0.3) is 0 Å². The quantitative estimate of drug-likeness (QED) is 0.757. The molecule has 0 radical (unpaired) electrons.